The van der Waals surface area contributed by atoms with Gasteiger partial charge in [0.15, 0.2) is 0 Å². The summed E-state index contributed by atoms with van der Waals surface area (Å²) in [7, 11) is 1.67. The van der Waals surface area contributed by atoms with Gasteiger partial charge < -0.3 is 14.8 Å². The van der Waals surface area contributed by atoms with Crippen molar-refractivity contribution in [2.75, 3.05) is 18.4 Å². The van der Waals surface area contributed by atoms with E-state index in [1.54, 1.807) is 17.8 Å². The van der Waals surface area contributed by atoms with Crippen LogP contribution in [0.1, 0.15) is 59.7 Å². The number of nitriles is 1. The van der Waals surface area contributed by atoms with Gasteiger partial charge in [-0.3, -0.25) is 9.59 Å². The van der Waals surface area contributed by atoms with Crippen LogP contribution < -0.4 is 5.32 Å². The lowest BCUT2D eigenvalue weighted by atomic mass is 9.79. The minimum absolute atomic E-state index is 0.00545. The fraction of sp³-hybridized carbons (Fsp3) is 0.429. The Kier molecular flexibility index (Phi) is 6.41. The van der Waals surface area contributed by atoms with Crippen LogP contribution in [0.3, 0.4) is 0 Å². The summed E-state index contributed by atoms with van der Waals surface area (Å²) in [5, 5.41) is 11.5. The lowest BCUT2D eigenvalue weighted by Crippen LogP contribution is -2.45. The summed E-state index contributed by atoms with van der Waals surface area (Å²) in [5.74, 6) is -0.862. The lowest BCUT2D eigenvalue weighted by molar-refractivity contribution is -0.137. The molecule has 1 N–H and O–H groups in total. The van der Waals surface area contributed by atoms with Gasteiger partial charge in [0, 0.05) is 43.2 Å². The van der Waals surface area contributed by atoms with E-state index in [0.29, 0.717) is 18.7 Å². The van der Waals surface area contributed by atoms with Crippen LogP contribution >= 0.6 is 0 Å². The number of piperidine rings is 1. The van der Waals surface area contributed by atoms with Gasteiger partial charge >= 0.3 is 6.18 Å². The Morgan fingerprint density at radius 2 is 1.87 bits per heavy atom. The molecule has 3 aromatic rings. The van der Waals surface area contributed by atoms with Gasteiger partial charge in [-0.05, 0) is 54.4 Å². The molecule has 2 aromatic heterocycles. The molecule has 1 saturated heterocycles. The van der Waals surface area contributed by atoms with E-state index in [1.165, 1.54) is 24.3 Å². The standard InChI is InChI=1S/C28H28F3N5O2/c1-15(2)27(38)36-12-18-7-8-19(13-36)22(18)20-14-35(3)25-23(20)24(28(29,30)31)21(11-33-25)34-26(37)17-6-4-5-16(9-17)10-32/h4-6,9,11,14-15,18-19,22H,7-8,12-13H2,1-3H3,(H,34,37)/t18-,19+,22-. The van der Waals surface area contributed by atoms with Crippen molar-refractivity contribution in [3.63, 3.8) is 0 Å². The molecule has 3 atom stereocenters. The number of likely N-dealkylation sites (tertiary alicyclic amines) is 1. The highest BCUT2D eigenvalue weighted by atomic mass is 19.4. The third-order valence-corrected chi connectivity index (χ3v) is 7.80. The van der Waals surface area contributed by atoms with Crippen LogP contribution in [0, 0.1) is 29.1 Å². The van der Waals surface area contributed by atoms with Crippen molar-refractivity contribution in [3.8, 4) is 6.07 Å². The summed E-state index contributed by atoms with van der Waals surface area (Å²) in [5.41, 5.74) is -0.297. The Bertz CT molecular complexity index is 1460. The molecule has 7 nitrogen and oxygen atoms in total. The van der Waals surface area contributed by atoms with Gasteiger partial charge in [-0.25, -0.2) is 4.98 Å². The molecule has 38 heavy (non-hydrogen) atoms. The molecule has 0 spiro atoms. The normalized spacial score (nSPS) is 21.1. The number of pyridine rings is 1. The molecule has 10 heteroatoms. The first-order valence-electron chi connectivity index (χ1n) is 12.6. The van der Waals surface area contributed by atoms with E-state index in [0.717, 1.165) is 19.0 Å². The summed E-state index contributed by atoms with van der Waals surface area (Å²) < 4.78 is 45.7. The molecule has 2 amide bonds. The van der Waals surface area contributed by atoms with E-state index in [1.807, 2.05) is 24.8 Å². The molecule has 1 aromatic carbocycles. The Hall–Kier alpha value is -3.87. The van der Waals surface area contributed by atoms with Crippen molar-refractivity contribution < 1.29 is 22.8 Å². The molecule has 5 rings (SSSR count). The topological polar surface area (TPSA) is 91.0 Å². The predicted octanol–water partition coefficient (Wildman–Crippen LogP) is 5.32. The van der Waals surface area contributed by atoms with Crippen LogP contribution in [-0.2, 0) is 18.0 Å². The van der Waals surface area contributed by atoms with Crippen LogP contribution in [-0.4, -0.2) is 39.4 Å². The number of fused-ring (bicyclic) bond motifs is 3. The average molecular weight is 524 g/mol. The van der Waals surface area contributed by atoms with Crippen LogP contribution in [0.4, 0.5) is 18.9 Å². The number of hydrogen-bond acceptors (Lipinski definition) is 4. The van der Waals surface area contributed by atoms with Crippen LogP contribution in [0.25, 0.3) is 11.0 Å². The van der Waals surface area contributed by atoms with Crippen molar-refractivity contribution in [2.45, 2.75) is 38.8 Å². The third-order valence-electron chi connectivity index (χ3n) is 7.80. The third kappa shape index (κ3) is 4.40. The number of nitrogens with one attached hydrogen (secondary N) is 1. The second-order valence-electron chi connectivity index (χ2n) is 10.6. The predicted molar refractivity (Wildman–Crippen MR) is 135 cm³/mol. The van der Waals surface area contributed by atoms with Crippen molar-refractivity contribution in [1.29, 1.82) is 5.26 Å². The number of amides is 2. The second kappa shape index (κ2) is 9.46. The minimum atomic E-state index is -4.76. The van der Waals surface area contributed by atoms with Crippen molar-refractivity contribution in [1.82, 2.24) is 14.5 Å². The smallest absolute Gasteiger partial charge is 0.342 e. The molecule has 198 valence electrons. The monoisotopic (exact) mass is 523 g/mol. The molecule has 0 radical (unpaired) electrons. The zero-order valence-electron chi connectivity index (χ0n) is 21.3. The number of benzene rings is 1. The first kappa shape index (κ1) is 25.8. The number of hydrogen-bond donors (Lipinski definition) is 1. The molecule has 2 bridgehead atoms. The summed E-state index contributed by atoms with van der Waals surface area (Å²) in [6.45, 7) is 4.76. The van der Waals surface area contributed by atoms with Gasteiger partial charge in [0.05, 0.1) is 29.1 Å². The number of halogens is 3. The molecule has 2 aliphatic rings. The number of carbonyl (C=O) groups excluding carboxylic acids is 2. The summed E-state index contributed by atoms with van der Waals surface area (Å²) in [6, 6.07) is 7.70. The molecular formula is C28H28F3N5O2. The molecule has 1 aliphatic carbocycles. The largest absolute Gasteiger partial charge is 0.419 e. The second-order valence-corrected chi connectivity index (χ2v) is 10.6. The van der Waals surface area contributed by atoms with E-state index in [9.17, 15) is 22.8 Å². The van der Waals surface area contributed by atoms with Gasteiger partial charge in [0.2, 0.25) is 5.91 Å². The Labute approximate surface area is 218 Å². The number of aryl methyl sites for hydroxylation is 1. The fourth-order valence-electron chi connectivity index (χ4n) is 6.22. The summed E-state index contributed by atoms with van der Waals surface area (Å²) >= 11 is 0. The van der Waals surface area contributed by atoms with Crippen molar-refractivity contribution >= 4 is 28.5 Å². The number of nitrogens with zero attached hydrogens (tertiary/aromatic N) is 4. The fourth-order valence-corrected chi connectivity index (χ4v) is 6.22. The number of anilines is 1. The molecular weight excluding hydrogens is 495 g/mol. The summed E-state index contributed by atoms with van der Waals surface area (Å²) in [6.07, 6.45) is -0.311. The van der Waals surface area contributed by atoms with E-state index in [4.69, 9.17) is 5.26 Å². The van der Waals surface area contributed by atoms with E-state index in [-0.39, 0.29) is 51.7 Å². The maximum absolute atomic E-state index is 14.7. The van der Waals surface area contributed by atoms with Gasteiger partial charge in [-0.2, -0.15) is 18.4 Å². The number of rotatable bonds is 4. The van der Waals surface area contributed by atoms with Gasteiger partial charge in [0.25, 0.3) is 5.91 Å². The first-order valence-corrected chi connectivity index (χ1v) is 12.6. The van der Waals surface area contributed by atoms with Crippen molar-refractivity contribution in [2.24, 2.45) is 24.8 Å². The molecule has 2 fully saturated rings. The number of carbonyl (C=O) groups is 2. The Balaban J connectivity index is 1.58. The van der Waals surface area contributed by atoms with Crippen LogP contribution in [0.15, 0.2) is 36.7 Å². The maximum Gasteiger partial charge on any atom is 0.419 e. The molecule has 1 saturated carbocycles. The van der Waals surface area contributed by atoms with E-state index in [2.05, 4.69) is 10.3 Å². The summed E-state index contributed by atoms with van der Waals surface area (Å²) in [4.78, 5) is 31.8. The highest BCUT2D eigenvalue weighted by Gasteiger charge is 2.47. The molecule has 1 aliphatic heterocycles. The molecule has 0 unspecified atom stereocenters. The zero-order valence-corrected chi connectivity index (χ0v) is 21.3. The zero-order chi connectivity index (χ0) is 27.4. The highest BCUT2D eigenvalue weighted by molar-refractivity contribution is 6.06. The van der Waals surface area contributed by atoms with Crippen LogP contribution in [0.2, 0.25) is 0 Å². The molecule has 3 heterocycles. The minimum Gasteiger partial charge on any atom is -0.342 e. The van der Waals surface area contributed by atoms with Gasteiger partial charge in [-0.1, -0.05) is 19.9 Å². The Morgan fingerprint density at radius 3 is 2.47 bits per heavy atom. The number of aromatic nitrogens is 2. The lowest BCUT2D eigenvalue weighted by Gasteiger charge is -2.39. The Morgan fingerprint density at radius 1 is 1.18 bits per heavy atom. The SMILES string of the molecule is CC(C)C(=O)N1C[C@H]2CC[C@@H](C1)[C@@H]2c1cn(C)c2ncc(NC(=O)c3cccc(C#N)c3)c(C(F)(F)F)c12. The van der Waals surface area contributed by atoms with Gasteiger partial charge in [0.1, 0.15) is 5.65 Å². The van der Waals surface area contributed by atoms with Gasteiger partial charge in [-0.15, -0.1) is 0 Å². The first-order chi connectivity index (χ1) is 18.0. The van der Waals surface area contributed by atoms with E-state index < -0.39 is 23.3 Å². The van der Waals surface area contributed by atoms with Crippen molar-refractivity contribution in [3.05, 3.63) is 58.9 Å². The average Bonchev–Trinajstić information content (AvgIpc) is 3.33. The quantitative estimate of drug-likeness (QED) is 0.501. The maximum atomic E-state index is 14.7. The van der Waals surface area contributed by atoms with Crippen LogP contribution in [0.5, 0.6) is 0 Å². The number of alkyl halides is 3. The highest BCUT2D eigenvalue weighted by Crippen LogP contribution is 2.52. The van der Waals surface area contributed by atoms with E-state index >= 15 is 0 Å².